The number of urea groups is 1. The van der Waals surface area contributed by atoms with Crippen LogP contribution in [0.15, 0.2) is 29.3 Å². The van der Waals surface area contributed by atoms with Crippen molar-refractivity contribution in [2.24, 2.45) is 10.9 Å². The van der Waals surface area contributed by atoms with Crippen molar-refractivity contribution in [1.82, 2.24) is 14.7 Å². The zero-order chi connectivity index (χ0) is 22.1. The summed E-state index contributed by atoms with van der Waals surface area (Å²) >= 11 is 0. The van der Waals surface area contributed by atoms with Crippen molar-refractivity contribution in [1.29, 1.82) is 0 Å². The topological polar surface area (TPSA) is 76.3 Å². The molecule has 31 heavy (non-hydrogen) atoms. The average molecular weight is 428 g/mol. The van der Waals surface area contributed by atoms with Crippen LogP contribution in [0.1, 0.15) is 29.6 Å². The number of piperidine rings is 1. The first kappa shape index (κ1) is 21.3. The van der Waals surface area contributed by atoms with Crippen LogP contribution in [0.3, 0.4) is 0 Å². The fourth-order valence-electron chi connectivity index (χ4n) is 4.47. The first-order chi connectivity index (χ1) is 14.9. The van der Waals surface area contributed by atoms with Crippen LogP contribution >= 0.6 is 0 Å². The number of carbonyl (C=O) groups excluding carboxylic acids is 3. The van der Waals surface area contributed by atoms with Gasteiger partial charge in [-0.05, 0) is 61.6 Å². The Hall–Kier alpha value is -2.94. The number of amidine groups is 1. The van der Waals surface area contributed by atoms with Gasteiger partial charge in [0.15, 0.2) is 5.78 Å². The monoisotopic (exact) mass is 428 g/mol. The van der Waals surface area contributed by atoms with Gasteiger partial charge >= 0.3 is 6.03 Å². The van der Waals surface area contributed by atoms with Crippen molar-refractivity contribution in [3.63, 3.8) is 0 Å². The summed E-state index contributed by atoms with van der Waals surface area (Å²) in [7, 11) is 3.12. The van der Waals surface area contributed by atoms with E-state index in [1.807, 2.05) is 4.58 Å². The predicted molar refractivity (Wildman–Crippen MR) is 113 cm³/mol. The number of benzene rings is 1. The number of carbonyl (C=O) groups is 3. The summed E-state index contributed by atoms with van der Waals surface area (Å²) in [6.45, 7) is 3.20. The van der Waals surface area contributed by atoms with E-state index in [2.05, 4.69) is 9.89 Å². The van der Waals surface area contributed by atoms with Crippen LogP contribution in [0.25, 0.3) is 0 Å². The van der Waals surface area contributed by atoms with Crippen LogP contribution in [-0.2, 0) is 4.79 Å². The van der Waals surface area contributed by atoms with Gasteiger partial charge in [0.25, 0.3) is 24.1 Å². The van der Waals surface area contributed by atoms with Crippen molar-refractivity contribution in [3.05, 3.63) is 35.6 Å². The number of likely N-dealkylation sites (N-methyl/N-ethyl adjacent to an activating group) is 2. The number of fused-ring (bicyclic) bond motifs is 1. The van der Waals surface area contributed by atoms with Gasteiger partial charge in [-0.2, -0.15) is 0 Å². The Balaban J connectivity index is 1.24. The van der Waals surface area contributed by atoms with E-state index in [4.69, 9.17) is 0 Å². The number of hydrogen-bond acceptors (Lipinski definition) is 5. The van der Waals surface area contributed by atoms with Crippen molar-refractivity contribution < 1.29 is 23.3 Å². The summed E-state index contributed by atoms with van der Waals surface area (Å²) in [5.41, 5.74) is 0.575. The maximum Gasteiger partial charge on any atom is 0.333 e. The molecule has 3 heterocycles. The molecule has 0 radical (unpaired) electrons. The third-order valence-corrected chi connectivity index (χ3v) is 6.37. The minimum Gasteiger partial charge on any atom is -0.303 e. The van der Waals surface area contributed by atoms with E-state index in [0.29, 0.717) is 17.9 Å². The molecule has 0 saturated carbocycles. The molecule has 0 bridgehead atoms. The maximum absolute atomic E-state index is 13.1. The number of halogens is 1. The van der Waals surface area contributed by atoms with Crippen LogP contribution in [0, 0.1) is 11.7 Å². The van der Waals surface area contributed by atoms with Gasteiger partial charge < -0.3 is 4.90 Å². The molecular formula is C22H27FN5O3+. The third-order valence-electron chi connectivity index (χ3n) is 6.37. The number of ketones is 1. The van der Waals surface area contributed by atoms with Gasteiger partial charge in [0.05, 0.1) is 6.54 Å². The lowest BCUT2D eigenvalue weighted by Gasteiger charge is -2.32. The molecule has 1 aromatic rings. The lowest BCUT2D eigenvalue weighted by molar-refractivity contribution is -0.531. The number of amides is 3. The Morgan fingerprint density at radius 3 is 2.48 bits per heavy atom. The smallest absolute Gasteiger partial charge is 0.303 e. The molecule has 9 heteroatoms. The van der Waals surface area contributed by atoms with Crippen LogP contribution < -0.4 is 0 Å². The lowest BCUT2D eigenvalue weighted by atomic mass is 9.89. The minimum atomic E-state index is -0.535. The molecule has 8 nitrogen and oxygen atoms in total. The zero-order valence-corrected chi connectivity index (χ0v) is 17.8. The highest BCUT2D eigenvalue weighted by Gasteiger charge is 2.50. The van der Waals surface area contributed by atoms with E-state index in [1.165, 1.54) is 24.1 Å². The molecule has 0 aromatic heterocycles. The number of hydrogen-bond donors (Lipinski definition) is 0. The number of imide groups is 1. The number of nitrogens with zero attached hydrogens (tertiary/aromatic N) is 5. The van der Waals surface area contributed by atoms with Gasteiger partial charge in [0.2, 0.25) is 0 Å². The van der Waals surface area contributed by atoms with E-state index in [1.54, 1.807) is 25.5 Å². The zero-order valence-electron chi connectivity index (χ0n) is 17.8. The summed E-state index contributed by atoms with van der Waals surface area (Å²) in [4.78, 5) is 46.4. The van der Waals surface area contributed by atoms with Gasteiger partial charge in [-0.3, -0.25) is 19.4 Å². The summed E-state index contributed by atoms with van der Waals surface area (Å²) in [6.07, 6.45) is 4.08. The van der Waals surface area contributed by atoms with E-state index in [-0.39, 0.29) is 29.5 Å². The Labute approximate surface area is 180 Å². The number of likely N-dealkylation sites (tertiary alicyclic amines) is 1. The lowest BCUT2D eigenvalue weighted by Crippen LogP contribution is -2.61. The molecule has 0 aliphatic carbocycles. The minimum absolute atomic E-state index is 0.0203. The van der Waals surface area contributed by atoms with Gasteiger partial charge in [-0.25, -0.2) is 13.8 Å². The van der Waals surface area contributed by atoms with E-state index < -0.39 is 6.04 Å². The molecule has 2 saturated heterocycles. The average Bonchev–Trinajstić information content (AvgIpc) is 3.21. The molecule has 2 fully saturated rings. The third kappa shape index (κ3) is 4.14. The predicted octanol–water partition coefficient (Wildman–Crippen LogP) is 1.46. The van der Waals surface area contributed by atoms with Crippen LogP contribution in [0.4, 0.5) is 9.18 Å². The van der Waals surface area contributed by atoms with Gasteiger partial charge in [0, 0.05) is 32.1 Å². The first-order valence-corrected chi connectivity index (χ1v) is 10.6. The van der Waals surface area contributed by atoms with Crippen molar-refractivity contribution in [2.45, 2.75) is 25.3 Å². The molecule has 3 aliphatic rings. The van der Waals surface area contributed by atoms with Gasteiger partial charge in [-0.1, -0.05) is 0 Å². The Morgan fingerprint density at radius 1 is 1.13 bits per heavy atom. The second-order valence-electron chi connectivity index (χ2n) is 8.32. The number of rotatable bonds is 6. The van der Waals surface area contributed by atoms with Crippen molar-refractivity contribution in [2.75, 3.05) is 40.3 Å². The fraction of sp³-hybridized carbons (Fsp3) is 0.500. The largest absolute Gasteiger partial charge is 0.333 e. The molecule has 0 spiro atoms. The van der Waals surface area contributed by atoms with E-state index in [9.17, 15) is 18.8 Å². The molecule has 0 N–H and O–H groups in total. The normalized spacial score (nSPS) is 22.5. The summed E-state index contributed by atoms with van der Waals surface area (Å²) in [5, 5.41) is 0. The quantitative estimate of drug-likeness (QED) is 0.508. The number of Topliss-reactive ketones (excluding diaryl/α,β-unsaturated/α-hetero) is 1. The van der Waals surface area contributed by atoms with Gasteiger partial charge in [0.1, 0.15) is 5.82 Å². The molecule has 3 aliphatic heterocycles. The molecule has 1 atom stereocenters. The molecule has 164 valence electrons. The molecular weight excluding hydrogens is 401 g/mol. The molecule has 1 aromatic carbocycles. The van der Waals surface area contributed by atoms with E-state index >= 15 is 0 Å². The van der Waals surface area contributed by atoms with Crippen LogP contribution in [-0.4, -0.2) is 95.5 Å². The SMILES string of the molecule is CN1C(=O)C2C(=NC=[N+]2CCCN2CCC(C(=O)c3ccc(F)cc3)CC2)N(C)C1=O. The maximum atomic E-state index is 13.1. The highest BCUT2D eigenvalue weighted by molar-refractivity contribution is 6.21. The second kappa shape index (κ2) is 8.66. The van der Waals surface area contributed by atoms with Crippen molar-refractivity contribution in [3.8, 4) is 0 Å². The number of aliphatic imine (C=N–C) groups is 1. The highest BCUT2D eigenvalue weighted by Crippen LogP contribution is 2.22. The van der Waals surface area contributed by atoms with E-state index in [0.717, 1.165) is 43.8 Å². The van der Waals surface area contributed by atoms with Crippen molar-refractivity contribution >= 4 is 29.9 Å². The standard InChI is InChI=1S/C22H27FN5O3/c1-25-20-18(21(30)26(2)22(25)31)28(14-24-20)11-3-10-27-12-8-16(9-13-27)19(29)15-4-6-17(23)7-5-15/h4-7,14,16,18H,3,8-13H2,1-2H3/q+1. The second-order valence-corrected chi connectivity index (χ2v) is 8.32. The summed E-state index contributed by atoms with van der Waals surface area (Å²) < 4.78 is 15.0. The Morgan fingerprint density at radius 2 is 1.81 bits per heavy atom. The van der Waals surface area contributed by atoms with Gasteiger partial charge in [-0.15, -0.1) is 0 Å². The first-order valence-electron chi connectivity index (χ1n) is 10.6. The summed E-state index contributed by atoms with van der Waals surface area (Å²) in [5.74, 6) is -0.0365. The molecule has 4 rings (SSSR count). The Kier molecular flexibility index (Phi) is 5.95. The highest BCUT2D eigenvalue weighted by atomic mass is 19.1. The summed E-state index contributed by atoms with van der Waals surface area (Å²) in [6, 6.07) is 4.87. The van der Waals surface area contributed by atoms with Crippen LogP contribution in [0.2, 0.25) is 0 Å². The molecule has 1 unspecified atom stereocenters. The molecule has 3 amide bonds. The van der Waals surface area contributed by atoms with Crippen LogP contribution in [0.5, 0.6) is 0 Å². The fourth-order valence-corrected chi connectivity index (χ4v) is 4.47. The Bertz CT molecular complexity index is 950.